The van der Waals surface area contributed by atoms with Crippen molar-refractivity contribution in [3.05, 3.63) is 61.5 Å². The summed E-state index contributed by atoms with van der Waals surface area (Å²) in [5, 5.41) is 4.53. The molecule has 1 atom stereocenters. The zero-order valence-corrected chi connectivity index (χ0v) is 22.1. The number of ether oxygens (including phenoxy) is 1. The van der Waals surface area contributed by atoms with Gasteiger partial charge in [0.2, 0.25) is 5.91 Å². The topological polar surface area (TPSA) is 58.6 Å². The van der Waals surface area contributed by atoms with Gasteiger partial charge in [-0.2, -0.15) is 0 Å². The summed E-state index contributed by atoms with van der Waals surface area (Å²) < 4.78 is 6.38. The Labute approximate surface area is 217 Å². The van der Waals surface area contributed by atoms with Gasteiger partial charge in [0.15, 0.2) is 6.61 Å². The third-order valence-electron chi connectivity index (χ3n) is 5.72. The largest absolute Gasteiger partial charge is 0.483 e. The van der Waals surface area contributed by atoms with Gasteiger partial charge in [0.25, 0.3) is 5.91 Å². The van der Waals surface area contributed by atoms with Crippen molar-refractivity contribution in [1.29, 1.82) is 0 Å². The highest BCUT2D eigenvalue weighted by Gasteiger charge is 2.31. The minimum absolute atomic E-state index is 0.0963. The van der Waals surface area contributed by atoms with Crippen molar-refractivity contribution in [3.63, 3.8) is 0 Å². The Morgan fingerprint density at radius 1 is 1.15 bits per heavy atom. The van der Waals surface area contributed by atoms with Crippen molar-refractivity contribution in [1.82, 2.24) is 10.2 Å². The number of rotatable bonds is 9. The number of hydrogen-bond acceptors (Lipinski definition) is 3. The SMILES string of the molecule is CCC(C(=O)NC1CCCC1)N(Cc1c(Cl)cccc1Cl)C(=O)COc1ccc(Cl)cc1Br. The molecule has 0 aromatic heterocycles. The maximum Gasteiger partial charge on any atom is 0.261 e. The van der Waals surface area contributed by atoms with E-state index in [4.69, 9.17) is 39.5 Å². The van der Waals surface area contributed by atoms with Crippen molar-refractivity contribution < 1.29 is 14.3 Å². The minimum Gasteiger partial charge on any atom is -0.483 e. The second-order valence-electron chi connectivity index (χ2n) is 8.00. The zero-order valence-electron chi connectivity index (χ0n) is 18.3. The molecule has 0 aliphatic heterocycles. The lowest BCUT2D eigenvalue weighted by molar-refractivity contribution is -0.143. The second-order valence-corrected chi connectivity index (χ2v) is 10.1. The Morgan fingerprint density at radius 3 is 2.42 bits per heavy atom. The summed E-state index contributed by atoms with van der Waals surface area (Å²) in [7, 11) is 0. The van der Waals surface area contributed by atoms with E-state index in [1.807, 2.05) is 6.92 Å². The van der Waals surface area contributed by atoms with E-state index in [9.17, 15) is 9.59 Å². The number of nitrogens with one attached hydrogen (secondary N) is 1. The normalized spacial score (nSPS) is 14.7. The molecule has 178 valence electrons. The molecule has 0 radical (unpaired) electrons. The van der Waals surface area contributed by atoms with Crippen LogP contribution >= 0.6 is 50.7 Å². The standard InChI is InChI=1S/C24H26BrCl3N2O3/c1-2-21(24(32)29-16-6-3-4-7-16)30(13-17-19(27)8-5-9-20(17)28)23(31)14-33-22-11-10-15(26)12-18(22)25/h5,8-12,16,21H,2-4,6-7,13-14H2,1H3,(H,29,32). The van der Waals surface area contributed by atoms with E-state index in [1.165, 1.54) is 4.90 Å². The molecule has 1 aliphatic carbocycles. The molecule has 2 aromatic carbocycles. The molecular weight excluding hydrogens is 551 g/mol. The third-order valence-corrected chi connectivity index (χ3v) is 7.29. The van der Waals surface area contributed by atoms with E-state index in [-0.39, 0.29) is 31.0 Å². The number of amides is 2. The molecule has 0 heterocycles. The van der Waals surface area contributed by atoms with Gasteiger partial charge in [-0.25, -0.2) is 0 Å². The molecule has 2 amide bonds. The van der Waals surface area contributed by atoms with Gasteiger partial charge in [-0.05, 0) is 65.5 Å². The fourth-order valence-corrected chi connectivity index (χ4v) is 5.27. The summed E-state index contributed by atoms with van der Waals surface area (Å²) in [4.78, 5) is 28.0. The Balaban J connectivity index is 1.82. The highest BCUT2D eigenvalue weighted by atomic mass is 79.9. The molecule has 0 spiro atoms. The summed E-state index contributed by atoms with van der Waals surface area (Å²) in [6, 6.07) is 9.68. The van der Waals surface area contributed by atoms with E-state index < -0.39 is 6.04 Å². The second kappa shape index (κ2) is 12.3. The quantitative estimate of drug-likeness (QED) is 0.364. The number of benzene rings is 2. The predicted octanol–water partition coefficient (Wildman–Crippen LogP) is 6.65. The van der Waals surface area contributed by atoms with Crippen molar-refractivity contribution >= 4 is 62.5 Å². The smallest absolute Gasteiger partial charge is 0.261 e. The number of nitrogens with zero attached hydrogens (tertiary/aromatic N) is 1. The number of halogens is 4. The Hall–Kier alpha value is -1.47. The summed E-state index contributed by atoms with van der Waals surface area (Å²) >= 11 is 22.1. The van der Waals surface area contributed by atoms with Crippen LogP contribution in [-0.2, 0) is 16.1 Å². The molecule has 33 heavy (non-hydrogen) atoms. The Bertz CT molecular complexity index is 979. The average molecular weight is 577 g/mol. The van der Waals surface area contributed by atoms with Gasteiger partial charge in [0.1, 0.15) is 11.8 Å². The third kappa shape index (κ3) is 7.01. The van der Waals surface area contributed by atoms with Crippen LogP contribution in [0.5, 0.6) is 5.75 Å². The van der Waals surface area contributed by atoms with Crippen LogP contribution in [-0.4, -0.2) is 35.4 Å². The van der Waals surface area contributed by atoms with Crippen LogP contribution in [0.2, 0.25) is 15.1 Å². The van der Waals surface area contributed by atoms with E-state index in [2.05, 4.69) is 21.2 Å². The monoisotopic (exact) mass is 574 g/mol. The molecule has 1 N–H and O–H groups in total. The maximum atomic E-state index is 13.4. The first-order valence-electron chi connectivity index (χ1n) is 10.9. The van der Waals surface area contributed by atoms with E-state index in [1.54, 1.807) is 36.4 Å². The molecule has 1 fully saturated rings. The number of carbonyl (C=O) groups is 2. The summed E-state index contributed by atoms with van der Waals surface area (Å²) in [5.74, 6) is -0.0400. The lowest BCUT2D eigenvalue weighted by Crippen LogP contribution is -2.52. The molecule has 9 heteroatoms. The van der Waals surface area contributed by atoms with Crippen molar-refractivity contribution in [3.8, 4) is 5.75 Å². The maximum absolute atomic E-state index is 13.4. The van der Waals surface area contributed by atoms with Crippen LogP contribution in [0.4, 0.5) is 0 Å². The first-order chi connectivity index (χ1) is 15.8. The van der Waals surface area contributed by atoms with Gasteiger partial charge in [-0.3, -0.25) is 9.59 Å². The fourth-order valence-electron chi connectivity index (χ4n) is 3.96. The summed E-state index contributed by atoms with van der Waals surface area (Å²) in [6.45, 7) is 1.72. The lowest BCUT2D eigenvalue weighted by Gasteiger charge is -2.32. The van der Waals surface area contributed by atoms with Gasteiger partial charge >= 0.3 is 0 Å². The van der Waals surface area contributed by atoms with E-state index in [0.717, 1.165) is 25.7 Å². The van der Waals surface area contributed by atoms with Gasteiger partial charge in [-0.1, -0.05) is 60.6 Å². The molecule has 5 nitrogen and oxygen atoms in total. The van der Waals surface area contributed by atoms with Crippen LogP contribution in [0.3, 0.4) is 0 Å². The van der Waals surface area contributed by atoms with Gasteiger partial charge in [0.05, 0.1) is 4.47 Å². The molecule has 1 saturated carbocycles. The molecular formula is C24H26BrCl3N2O3. The van der Waals surface area contributed by atoms with Crippen LogP contribution in [0.25, 0.3) is 0 Å². The van der Waals surface area contributed by atoms with Gasteiger partial charge in [0, 0.05) is 33.2 Å². The van der Waals surface area contributed by atoms with Crippen molar-refractivity contribution in [2.75, 3.05) is 6.61 Å². The van der Waals surface area contributed by atoms with Gasteiger partial charge < -0.3 is 15.0 Å². The summed E-state index contributed by atoms with van der Waals surface area (Å²) in [5.41, 5.74) is 0.592. The zero-order chi connectivity index (χ0) is 24.0. The highest BCUT2D eigenvalue weighted by molar-refractivity contribution is 9.10. The summed E-state index contributed by atoms with van der Waals surface area (Å²) in [6.07, 6.45) is 4.56. The van der Waals surface area contributed by atoms with Crippen LogP contribution < -0.4 is 10.1 Å². The van der Waals surface area contributed by atoms with E-state index >= 15 is 0 Å². The number of carbonyl (C=O) groups excluding carboxylic acids is 2. The molecule has 1 aliphatic rings. The molecule has 0 saturated heterocycles. The van der Waals surface area contributed by atoms with Gasteiger partial charge in [-0.15, -0.1) is 0 Å². The predicted molar refractivity (Wildman–Crippen MR) is 136 cm³/mol. The minimum atomic E-state index is -0.678. The van der Waals surface area contributed by atoms with Crippen molar-refractivity contribution in [2.24, 2.45) is 0 Å². The van der Waals surface area contributed by atoms with Crippen LogP contribution in [0.1, 0.15) is 44.6 Å². The van der Waals surface area contributed by atoms with Crippen molar-refractivity contribution in [2.45, 2.75) is 57.7 Å². The molecule has 3 rings (SSSR count). The van der Waals surface area contributed by atoms with E-state index in [0.29, 0.717) is 37.3 Å². The molecule has 0 bridgehead atoms. The lowest BCUT2D eigenvalue weighted by atomic mass is 10.1. The first-order valence-corrected chi connectivity index (χ1v) is 12.8. The van der Waals surface area contributed by atoms with Crippen LogP contribution in [0, 0.1) is 0 Å². The molecule has 1 unspecified atom stereocenters. The number of hydrogen-bond donors (Lipinski definition) is 1. The first kappa shape index (κ1) is 26.1. The Morgan fingerprint density at radius 2 is 1.82 bits per heavy atom. The average Bonchev–Trinajstić information content (AvgIpc) is 3.27. The Kier molecular flexibility index (Phi) is 9.74. The van der Waals surface area contributed by atoms with Crippen LogP contribution in [0.15, 0.2) is 40.9 Å². The fraction of sp³-hybridized carbons (Fsp3) is 0.417. The highest BCUT2D eigenvalue weighted by Crippen LogP contribution is 2.29. The molecule has 2 aromatic rings.